The quantitative estimate of drug-likeness (QED) is 0.669. The van der Waals surface area contributed by atoms with Gasteiger partial charge in [-0.05, 0) is 30.5 Å². The lowest BCUT2D eigenvalue weighted by atomic mass is 9.90. The highest BCUT2D eigenvalue weighted by atomic mass is 19.1. The van der Waals surface area contributed by atoms with Crippen LogP contribution in [0.2, 0.25) is 0 Å². The van der Waals surface area contributed by atoms with Crippen molar-refractivity contribution in [2.75, 3.05) is 23.7 Å². The zero-order valence-electron chi connectivity index (χ0n) is 14.1. The number of halogens is 1. The number of piperidine rings is 1. The first-order valence-electron chi connectivity index (χ1n) is 8.51. The van der Waals surface area contributed by atoms with Crippen molar-refractivity contribution in [1.82, 2.24) is 20.2 Å². The van der Waals surface area contributed by atoms with Gasteiger partial charge in [-0.2, -0.15) is 10.1 Å². The van der Waals surface area contributed by atoms with Gasteiger partial charge in [0.05, 0.1) is 6.20 Å². The number of hydrogen-bond acceptors (Lipinski definition) is 5. The molecule has 7 nitrogen and oxygen atoms in total. The minimum atomic E-state index is -0.263. The number of hydrogen-bond donors (Lipinski definition) is 3. The number of aromatic nitrogens is 4. The molecular weight excluding hydrogens is 335 g/mol. The van der Waals surface area contributed by atoms with E-state index in [1.165, 1.54) is 18.2 Å². The maximum Gasteiger partial charge on any atom is 0.254 e. The minimum Gasteiger partial charge on any atom is -0.369 e. The molecule has 0 bridgehead atoms. The van der Waals surface area contributed by atoms with Gasteiger partial charge in [0.2, 0.25) is 5.95 Å². The van der Waals surface area contributed by atoms with Gasteiger partial charge in [0.25, 0.3) is 5.56 Å². The number of aromatic amines is 2. The molecular formula is C18H19FN6O. The van der Waals surface area contributed by atoms with Gasteiger partial charge in [0.1, 0.15) is 11.6 Å². The average molecular weight is 354 g/mol. The second-order valence-corrected chi connectivity index (χ2v) is 6.48. The Balaban J connectivity index is 1.62. The summed E-state index contributed by atoms with van der Waals surface area (Å²) in [5.74, 6) is 0.635. The minimum absolute atomic E-state index is 0.114. The van der Waals surface area contributed by atoms with Crippen molar-refractivity contribution in [2.45, 2.75) is 18.8 Å². The predicted molar refractivity (Wildman–Crippen MR) is 97.4 cm³/mol. The average Bonchev–Trinajstić information content (AvgIpc) is 3.11. The number of nitrogens with one attached hydrogen (secondary N) is 2. The highest BCUT2D eigenvalue weighted by Gasteiger charge is 2.26. The van der Waals surface area contributed by atoms with Gasteiger partial charge >= 0.3 is 0 Å². The Bertz CT molecular complexity index is 964. The number of rotatable bonds is 3. The van der Waals surface area contributed by atoms with Crippen LogP contribution < -0.4 is 16.2 Å². The molecule has 3 aromatic rings. The molecule has 0 aliphatic carbocycles. The highest BCUT2D eigenvalue weighted by Crippen LogP contribution is 2.34. The van der Waals surface area contributed by atoms with Crippen molar-refractivity contribution in [3.05, 3.63) is 58.4 Å². The van der Waals surface area contributed by atoms with Crippen molar-refractivity contribution in [1.29, 1.82) is 0 Å². The third kappa shape index (κ3) is 3.17. The maximum atomic E-state index is 13.2. The van der Waals surface area contributed by atoms with Gasteiger partial charge in [-0.3, -0.25) is 14.9 Å². The highest BCUT2D eigenvalue weighted by molar-refractivity contribution is 5.66. The smallest absolute Gasteiger partial charge is 0.254 e. The van der Waals surface area contributed by atoms with Crippen molar-refractivity contribution in [3.8, 4) is 11.1 Å². The lowest BCUT2D eigenvalue weighted by Crippen LogP contribution is -2.36. The summed E-state index contributed by atoms with van der Waals surface area (Å²) in [6, 6.07) is 7.86. The topological polar surface area (TPSA) is 104 Å². The summed E-state index contributed by atoms with van der Waals surface area (Å²) in [5.41, 5.74) is 8.31. The van der Waals surface area contributed by atoms with Gasteiger partial charge in [-0.25, -0.2) is 4.39 Å². The van der Waals surface area contributed by atoms with Crippen LogP contribution in [0.1, 0.15) is 24.5 Å². The molecule has 2 aromatic heterocycles. The van der Waals surface area contributed by atoms with Gasteiger partial charge < -0.3 is 10.6 Å². The summed E-state index contributed by atoms with van der Waals surface area (Å²) in [5, 5.41) is 7.29. The fraction of sp³-hybridized carbons (Fsp3) is 0.278. The van der Waals surface area contributed by atoms with Gasteiger partial charge in [0.15, 0.2) is 0 Å². The molecule has 1 saturated heterocycles. The summed E-state index contributed by atoms with van der Waals surface area (Å²) in [7, 11) is 0. The second kappa shape index (κ2) is 6.62. The SMILES string of the molecule is Nc1nc(N2CCC[C@@H](c3[nH]ncc3-c3ccc(F)cc3)C2)cc(=O)[nH]1. The predicted octanol–water partition coefficient (Wildman–Crippen LogP) is 2.27. The monoisotopic (exact) mass is 354 g/mol. The number of nitrogen functional groups attached to an aromatic ring is 1. The number of benzene rings is 1. The molecule has 1 fully saturated rings. The van der Waals surface area contributed by atoms with Crippen LogP contribution >= 0.6 is 0 Å². The molecule has 1 aliphatic rings. The largest absolute Gasteiger partial charge is 0.369 e. The Hall–Kier alpha value is -3.16. The van der Waals surface area contributed by atoms with E-state index in [1.54, 1.807) is 18.3 Å². The van der Waals surface area contributed by atoms with E-state index in [1.807, 2.05) is 0 Å². The molecule has 134 valence electrons. The first-order valence-corrected chi connectivity index (χ1v) is 8.51. The first-order chi connectivity index (χ1) is 12.6. The summed E-state index contributed by atoms with van der Waals surface area (Å²) in [6.45, 7) is 1.51. The molecule has 8 heteroatoms. The van der Waals surface area contributed by atoms with E-state index in [0.717, 1.165) is 36.2 Å². The third-order valence-corrected chi connectivity index (χ3v) is 4.72. The fourth-order valence-electron chi connectivity index (χ4n) is 3.51. The van der Waals surface area contributed by atoms with Gasteiger partial charge in [-0.1, -0.05) is 12.1 Å². The van der Waals surface area contributed by atoms with Crippen LogP contribution in [0.15, 0.2) is 41.3 Å². The Morgan fingerprint density at radius 1 is 1.27 bits per heavy atom. The molecule has 26 heavy (non-hydrogen) atoms. The fourth-order valence-corrected chi connectivity index (χ4v) is 3.51. The third-order valence-electron chi connectivity index (χ3n) is 4.72. The number of nitrogens with zero attached hydrogens (tertiary/aromatic N) is 3. The van der Waals surface area contributed by atoms with Crippen LogP contribution in [0.4, 0.5) is 16.2 Å². The van der Waals surface area contributed by atoms with Gasteiger partial charge in [0, 0.05) is 36.3 Å². The van der Waals surface area contributed by atoms with Crippen LogP contribution in [-0.4, -0.2) is 33.3 Å². The van der Waals surface area contributed by atoms with Crippen LogP contribution in [-0.2, 0) is 0 Å². The van der Waals surface area contributed by atoms with Crippen LogP contribution in [0.25, 0.3) is 11.1 Å². The molecule has 0 amide bonds. The molecule has 1 aromatic carbocycles. The molecule has 4 N–H and O–H groups in total. The van der Waals surface area contributed by atoms with Crippen LogP contribution in [0.3, 0.4) is 0 Å². The zero-order chi connectivity index (χ0) is 18.1. The summed E-state index contributed by atoms with van der Waals surface area (Å²) >= 11 is 0. The molecule has 0 unspecified atom stereocenters. The van der Waals surface area contributed by atoms with Crippen molar-refractivity contribution in [3.63, 3.8) is 0 Å². The first kappa shape index (κ1) is 16.3. The summed E-state index contributed by atoms with van der Waals surface area (Å²) in [6.07, 6.45) is 3.72. The normalized spacial score (nSPS) is 17.4. The van der Waals surface area contributed by atoms with Crippen molar-refractivity contribution >= 4 is 11.8 Å². The second-order valence-electron chi connectivity index (χ2n) is 6.48. The van der Waals surface area contributed by atoms with Crippen molar-refractivity contribution in [2.24, 2.45) is 0 Å². The molecule has 0 saturated carbocycles. The van der Waals surface area contributed by atoms with E-state index in [-0.39, 0.29) is 23.2 Å². The van der Waals surface area contributed by atoms with E-state index in [4.69, 9.17) is 5.73 Å². The van der Waals surface area contributed by atoms with E-state index >= 15 is 0 Å². The lowest BCUT2D eigenvalue weighted by molar-refractivity contribution is 0.498. The van der Waals surface area contributed by atoms with Gasteiger partial charge in [-0.15, -0.1) is 0 Å². The van der Waals surface area contributed by atoms with E-state index in [9.17, 15) is 9.18 Å². The molecule has 1 aliphatic heterocycles. The van der Waals surface area contributed by atoms with Crippen LogP contribution in [0, 0.1) is 5.82 Å². The summed E-state index contributed by atoms with van der Waals surface area (Å²) in [4.78, 5) is 20.5. The molecule has 1 atom stereocenters. The van der Waals surface area contributed by atoms with E-state index in [0.29, 0.717) is 12.4 Å². The molecule has 0 spiro atoms. The molecule has 0 radical (unpaired) electrons. The maximum absolute atomic E-state index is 13.2. The Morgan fingerprint density at radius 2 is 2.08 bits per heavy atom. The number of nitrogens with two attached hydrogens (primary N) is 1. The van der Waals surface area contributed by atoms with E-state index in [2.05, 4.69) is 25.1 Å². The summed E-state index contributed by atoms with van der Waals surface area (Å²) < 4.78 is 13.2. The van der Waals surface area contributed by atoms with Crippen molar-refractivity contribution < 1.29 is 4.39 Å². The number of anilines is 2. The van der Waals surface area contributed by atoms with E-state index < -0.39 is 0 Å². The molecule has 4 rings (SSSR count). The Kier molecular flexibility index (Phi) is 4.16. The number of H-pyrrole nitrogens is 2. The lowest BCUT2D eigenvalue weighted by Gasteiger charge is -2.33. The Labute approximate surface area is 149 Å². The standard InChI is InChI=1S/C18H19FN6O/c19-13-5-3-11(4-6-13)14-9-21-24-17(14)12-2-1-7-25(10-12)15-8-16(26)23-18(20)22-15/h3-6,8-9,12H,1-2,7,10H2,(H,21,24)(H3,20,22,23,26)/t12-/m1/s1. The Morgan fingerprint density at radius 3 is 2.85 bits per heavy atom. The van der Waals surface area contributed by atoms with Crippen LogP contribution in [0.5, 0.6) is 0 Å². The zero-order valence-corrected chi connectivity index (χ0v) is 14.1. The molecule has 3 heterocycles.